The van der Waals surface area contributed by atoms with Gasteiger partial charge in [-0.05, 0) is 57.5 Å². The van der Waals surface area contributed by atoms with Crippen molar-refractivity contribution < 1.29 is 32.7 Å². The summed E-state index contributed by atoms with van der Waals surface area (Å²) in [5, 5.41) is 9.97. The number of carboxylic acid groups (broad SMARTS) is 1. The minimum Gasteiger partial charge on any atom is -0.480 e. The van der Waals surface area contributed by atoms with Crippen LogP contribution in [-0.2, 0) is 29.2 Å². The fourth-order valence-corrected chi connectivity index (χ4v) is 7.95. The third-order valence-electron chi connectivity index (χ3n) is 7.32. The number of carbonyl (C=O) groups is 2. The van der Waals surface area contributed by atoms with Gasteiger partial charge in [0.2, 0.25) is 10.0 Å². The molecular formula is C21H37N3O7S. The lowest BCUT2D eigenvalue weighted by atomic mass is 9.68. The second-order valence-corrected chi connectivity index (χ2v) is 11.8. The van der Waals surface area contributed by atoms with E-state index in [-0.39, 0.29) is 5.92 Å². The molecule has 10 nitrogen and oxygen atoms in total. The summed E-state index contributed by atoms with van der Waals surface area (Å²) in [6.45, 7) is 3.37. The number of methoxy groups -OCH3 is 1. The number of nitrogens with one attached hydrogen (secondary N) is 1. The van der Waals surface area contributed by atoms with Crippen molar-refractivity contribution in [2.75, 3.05) is 21.2 Å². The Morgan fingerprint density at radius 1 is 1.19 bits per heavy atom. The van der Waals surface area contributed by atoms with E-state index >= 15 is 0 Å². The lowest BCUT2D eigenvalue weighted by Crippen LogP contribution is -2.56. The Kier molecular flexibility index (Phi) is 7.86. The van der Waals surface area contributed by atoms with E-state index in [0.29, 0.717) is 18.4 Å². The average molecular weight is 476 g/mol. The van der Waals surface area contributed by atoms with E-state index < -0.39 is 51.4 Å². The smallest absolute Gasteiger partial charge is 0.347 e. The van der Waals surface area contributed by atoms with Gasteiger partial charge in [0.15, 0.2) is 12.3 Å². The van der Waals surface area contributed by atoms with Gasteiger partial charge >= 0.3 is 11.9 Å². The van der Waals surface area contributed by atoms with Crippen molar-refractivity contribution in [1.29, 1.82) is 0 Å². The Labute approximate surface area is 190 Å². The van der Waals surface area contributed by atoms with Gasteiger partial charge in [0.25, 0.3) is 0 Å². The Balaban J connectivity index is 1.82. The number of hydrogen-bond acceptors (Lipinski definition) is 8. The van der Waals surface area contributed by atoms with Crippen molar-refractivity contribution in [3.8, 4) is 0 Å². The summed E-state index contributed by atoms with van der Waals surface area (Å²) >= 11 is 0. The topological polar surface area (TPSA) is 125 Å². The molecule has 0 bridgehead atoms. The first-order chi connectivity index (χ1) is 15.0. The van der Waals surface area contributed by atoms with E-state index in [9.17, 15) is 23.1 Å². The third-order valence-corrected chi connectivity index (χ3v) is 9.29. The van der Waals surface area contributed by atoms with Crippen LogP contribution >= 0.6 is 0 Å². The average Bonchev–Trinajstić information content (AvgIpc) is 3.00. The minimum atomic E-state index is -3.88. The molecule has 1 aliphatic heterocycles. The van der Waals surface area contributed by atoms with Crippen LogP contribution in [0.25, 0.3) is 0 Å². The van der Waals surface area contributed by atoms with Crippen LogP contribution in [0.15, 0.2) is 0 Å². The highest BCUT2D eigenvalue weighted by atomic mass is 32.2. The van der Waals surface area contributed by atoms with Crippen LogP contribution in [0.3, 0.4) is 0 Å². The van der Waals surface area contributed by atoms with Crippen LogP contribution in [0.1, 0.15) is 52.4 Å². The number of ether oxygens (including phenoxy) is 1. The molecule has 184 valence electrons. The Morgan fingerprint density at radius 3 is 2.38 bits per heavy atom. The predicted molar refractivity (Wildman–Crippen MR) is 117 cm³/mol. The number of carbonyl (C=O) groups excluding carboxylic acids is 1. The summed E-state index contributed by atoms with van der Waals surface area (Å²) in [5.74, 6) is -2.09. The van der Waals surface area contributed by atoms with E-state index in [1.807, 2.05) is 14.1 Å². The molecule has 7 atom stereocenters. The lowest BCUT2D eigenvalue weighted by Gasteiger charge is -2.47. The fraction of sp³-hybridized carbons (Fsp3) is 0.905. The summed E-state index contributed by atoms with van der Waals surface area (Å²) < 4.78 is 34.9. The van der Waals surface area contributed by atoms with Gasteiger partial charge in [-0.15, -0.1) is 0 Å². The molecule has 3 fully saturated rings. The van der Waals surface area contributed by atoms with E-state index in [1.165, 1.54) is 7.11 Å². The number of aliphatic carboxylic acids is 1. The van der Waals surface area contributed by atoms with Crippen LogP contribution in [0.2, 0.25) is 0 Å². The zero-order chi connectivity index (χ0) is 23.8. The van der Waals surface area contributed by atoms with Gasteiger partial charge < -0.3 is 19.6 Å². The molecule has 2 saturated carbocycles. The first-order valence-corrected chi connectivity index (χ1v) is 13.0. The molecule has 0 aromatic heterocycles. The maximum atomic E-state index is 13.5. The fourth-order valence-electron chi connectivity index (χ4n) is 5.93. The van der Waals surface area contributed by atoms with Crippen molar-refractivity contribution in [1.82, 2.24) is 14.7 Å². The summed E-state index contributed by atoms with van der Waals surface area (Å²) in [7, 11) is 1.52. The van der Waals surface area contributed by atoms with E-state index in [0.717, 1.165) is 37.2 Å². The van der Waals surface area contributed by atoms with E-state index in [4.69, 9.17) is 9.57 Å². The standard InChI is InChI=1S/C21H37N3O7S/c1-12(2)18(20(25)26)24-19(30-5)17(21(27)31-24)22-32(28,29)16-11-7-8-13-14(16)9-6-10-15(13)23(3)4/h12-19,22H,6-11H2,1-5H3,(H,25,26). The maximum absolute atomic E-state index is 13.5. The number of carboxylic acids is 1. The molecule has 3 rings (SSSR count). The highest BCUT2D eigenvalue weighted by molar-refractivity contribution is 7.90. The zero-order valence-corrected chi connectivity index (χ0v) is 20.4. The van der Waals surface area contributed by atoms with Crippen molar-refractivity contribution in [2.24, 2.45) is 17.8 Å². The van der Waals surface area contributed by atoms with Gasteiger partial charge in [0.05, 0.1) is 5.25 Å². The van der Waals surface area contributed by atoms with Crippen molar-refractivity contribution in [3.63, 3.8) is 0 Å². The normalized spacial score (nSPS) is 35.0. The van der Waals surface area contributed by atoms with E-state index in [1.54, 1.807) is 13.8 Å². The molecule has 1 heterocycles. The molecule has 0 aromatic rings. The van der Waals surface area contributed by atoms with Crippen LogP contribution in [0, 0.1) is 17.8 Å². The molecule has 11 heteroatoms. The van der Waals surface area contributed by atoms with Crippen LogP contribution in [0.5, 0.6) is 0 Å². The van der Waals surface area contributed by atoms with Crippen molar-refractivity contribution in [2.45, 2.75) is 82.0 Å². The lowest BCUT2D eigenvalue weighted by molar-refractivity contribution is -0.226. The second kappa shape index (κ2) is 9.92. The number of hydrogen-bond donors (Lipinski definition) is 2. The maximum Gasteiger partial charge on any atom is 0.347 e. The molecular weight excluding hydrogens is 438 g/mol. The van der Waals surface area contributed by atoms with Gasteiger partial charge in [-0.1, -0.05) is 31.8 Å². The number of nitrogens with zero attached hydrogens (tertiary/aromatic N) is 2. The Bertz CT molecular complexity index is 803. The second-order valence-electron chi connectivity index (χ2n) is 9.82. The van der Waals surface area contributed by atoms with Gasteiger partial charge in [-0.2, -0.15) is 4.72 Å². The largest absolute Gasteiger partial charge is 0.480 e. The summed E-state index contributed by atoms with van der Waals surface area (Å²) in [4.78, 5) is 31.8. The summed E-state index contributed by atoms with van der Waals surface area (Å²) in [6.07, 6.45) is 4.10. The Morgan fingerprint density at radius 2 is 1.81 bits per heavy atom. The number of hydroxylamine groups is 2. The summed E-state index contributed by atoms with van der Waals surface area (Å²) in [5.41, 5.74) is 0. The molecule has 3 aliphatic rings. The SMILES string of the molecule is COC1C(NS(=O)(=O)C2CCCC3C2CCCC3N(C)C)C(=O)ON1C(C(=O)O)C(C)C. The van der Waals surface area contributed by atoms with Crippen LogP contribution < -0.4 is 4.72 Å². The molecule has 2 N–H and O–H groups in total. The highest BCUT2D eigenvalue weighted by Gasteiger charge is 2.53. The molecule has 0 aromatic carbocycles. The molecule has 1 saturated heterocycles. The zero-order valence-electron chi connectivity index (χ0n) is 19.6. The number of sulfonamides is 1. The molecule has 7 unspecified atom stereocenters. The predicted octanol–water partition coefficient (Wildman–Crippen LogP) is 1.03. The summed E-state index contributed by atoms with van der Waals surface area (Å²) in [6, 6.07) is -2.12. The van der Waals surface area contributed by atoms with Gasteiger partial charge in [0, 0.05) is 13.2 Å². The third kappa shape index (κ3) is 4.82. The van der Waals surface area contributed by atoms with E-state index in [2.05, 4.69) is 9.62 Å². The molecule has 0 spiro atoms. The minimum absolute atomic E-state index is 0.0272. The van der Waals surface area contributed by atoms with Crippen molar-refractivity contribution >= 4 is 22.0 Å². The van der Waals surface area contributed by atoms with Crippen LogP contribution in [-0.4, -0.2) is 86.2 Å². The molecule has 0 amide bonds. The van der Waals surface area contributed by atoms with Crippen molar-refractivity contribution in [3.05, 3.63) is 0 Å². The highest BCUT2D eigenvalue weighted by Crippen LogP contribution is 2.44. The number of fused-ring (bicyclic) bond motifs is 1. The molecule has 2 aliphatic carbocycles. The van der Waals surface area contributed by atoms with Crippen LogP contribution in [0.4, 0.5) is 0 Å². The van der Waals surface area contributed by atoms with Gasteiger partial charge in [-0.3, -0.25) is 4.79 Å². The van der Waals surface area contributed by atoms with Gasteiger partial charge in [0.1, 0.15) is 6.04 Å². The first kappa shape index (κ1) is 25.4. The van der Waals surface area contributed by atoms with Gasteiger partial charge in [-0.25, -0.2) is 13.2 Å². The Hall–Kier alpha value is -1.27. The molecule has 0 radical (unpaired) electrons. The quantitative estimate of drug-likeness (QED) is 0.529. The molecule has 32 heavy (non-hydrogen) atoms. The number of rotatable bonds is 8. The monoisotopic (exact) mass is 475 g/mol. The first-order valence-electron chi connectivity index (χ1n) is 11.4.